The number of halogens is 1. The van der Waals surface area contributed by atoms with Crippen molar-refractivity contribution in [1.29, 1.82) is 0 Å². The van der Waals surface area contributed by atoms with Crippen molar-refractivity contribution in [3.8, 4) is 5.75 Å². The molecule has 1 aromatic carbocycles. The van der Waals surface area contributed by atoms with Crippen LogP contribution in [0, 0.1) is 0 Å². The summed E-state index contributed by atoms with van der Waals surface area (Å²) in [5.74, 6) is 2.23. The lowest BCUT2D eigenvalue weighted by Crippen LogP contribution is -2.05. The van der Waals surface area contributed by atoms with E-state index in [2.05, 4.69) is 15.2 Å². The van der Waals surface area contributed by atoms with Crippen LogP contribution in [0.4, 0.5) is 0 Å². The fraction of sp³-hybridized carbons (Fsp3) is 0.333. The summed E-state index contributed by atoms with van der Waals surface area (Å²) in [7, 11) is 0. The Balaban J connectivity index is 2.08. The monoisotopic (exact) mass is 251 g/mol. The Bertz CT molecular complexity index is 498. The van der Waals surface area contributed by atoms with Gasteiger partial charge < -0.3 is 4.74 Å². The third-order valence-electron chi connectivity index (χ3n) is 2.36. The zero-order valence-electron chi connectivity index (χ0n) is 9.77. The van der Waals surface area contributed by atoms with Crippen molar-refractivity contribution in [1.82, 2.24) is 15.2 Å². The van der Waals surface area contributed by atoms with E-state index in [1.165, 1.54) is 0 Å². The highest BCUT2D eigenvalue weighted by Gasteiger charge is 2.12. The van der Waals surface area contributed by atoms with Crippen molar-refractivity contribution in [2.24, 2.45) is 0 Å². The van der Waals surface area contributed by atoms with Gasteiger partial charge in [-0.1, -0.05) is 24.6 Å². The van der Waals surface area contributed by atoms with Crippen LogP contribution >= 0.6 is 11.6 Å². The maximum atomic E-state index is 5.88. The van der Waals surface area contributed by atoms with Gasteiger partial charge in [-0.25, -0.2) is 4.98 Å². The quantitative estimate of drug-likeness (QED) is 0.908. The standard InChI is InChI=1S/C12H14ClN3O/c1-3-11-14-12(16-15-11)8(2)17-10-6-4-5-9(13)7-10/h4-8H,3H2,1-2H3,(H,14,15,16). The molecular weight excluding hydrogens is 238 g/mol. The third kappa shape index (κ3) is 2.97. The molecule has 0 saturated carbocycles. The van der Waals surface area contributed by atoms with Crippen LogP contribution in [0.25, 0.3) is 0 Å². The van der Waals surface area contributed by atoms with Crippen LogP contribution in [-0.2, 0) is 6.42 Å². The predicted molar refractivity (Wildman–Crippen MR) is 66.3 cm³/mol. The lowest BCUT2D eigenvalue weighted by molar-refractivity contribution is 0.217. The van der Waals surface area contributed by atoms with Crippen LogP contribution in [-0.4, -0.2) is 15.2 Å². The van der Waals surface area contributed by atoms with Crippen LogP contribution in [0.3, 0.4) is 0 Å². The molecule has 0 radical (unpaired) electrons. The van der Waals surface area contributed by atoms with E-state index in [4.69, 9.17) is 16.3 Å². The molecule has 0 fully saturated rings. The Hall–Kier alpha value is -1.55. The summed E-state index contributed by atoms with van der Waals surface area (Å²) in [4.78, 5) is 4.32. The van der Waals surface area contributed by atoms with Crippen molar-refractivity contribution < 1.29 is 4.74 Å². The van der Waals surface area contributed by atoms with Gasteiger partial charge in [0.05, 0.1) is 0 Å². The van der Waals surface area contributed by atoms with Gasteiger partial charge in [-0.2, -0.15) is 5.10 Å². The predicted octanol–water partition coefficient (Wildman–Crippen LogP) is 3.16. The van der Waals surface area contributed by atoms with Crippen LogP contribution < -0.4 is 4.74 Å². The van der Waals surface area contributed by atoms with Crippen molar-refractivity contribution in [3.63, 3.8) is 0 Å². The fourth-order valence-electron chi connectivity index (χ4n) is 1.45. The summed E-state index contributed by atoms with van der Waals surface area (Å²) < 4.78 is 5.71. The number of aromatic amines is 1. The number of nitrogens with zero attached hydrogens (tertiary/aromatic N) is 2. The van der Waals surface area contributed by atoms with E-state index in [0.29, 0.717) is 16.6 Å². The lowest BCUT2D eigenvalue weighted by Gasteiger charge is -2.11. The molecule has 2 rings (SSSR count). The SMILES string of the molecule is CCc1nc(C(C)Oc2cccc(Cl)c2)n[nH]1. The number of benzene rings is 1. The number of aryl methyl sites for hydroxylation is 1. The maximum absolute atomic E-state index is 5.88. The second-order valence-corrected chi connectivity index (χ2v) is 4.15. The van der Waals surface area contributed by atoms with Crippen molar-refractivity contribution >= 4 is 11.6 Å². The number of nitrogens with one attached hydrogen (secondary N) is 1. The summed E-state index contributed by atoms with van der Waals surface area (Å²) in [5, 5.41) is 7.63. The van der Waals surface area contributed by atoms with Crippen LogP contribution in [0.15, 0.2) is 24.3 Å². The third-order valence-corrected chi connectivity index (χ3v) is 2.59. The molecule has 90 valence electrons. The number of hydrogen-bond donors (Lipinski definition) is 1. The second kappa shape index (κ2) is 5.19. The molecule has 5 heteroatoms. The van der Waals surface area contributed by atoms with Gasteiger partial charge in [0.25, 0.3) is 0 Å². The van der Waals surface area contributed by atoms with Crippen molar-refractivity contribution in [3.05, 3.63) is 40.9 Å². The molecule has 1 atom stereocenters. The summed E-state index contributed by atoms with van der Waals surface area (Å²) in [6.45, 7) is 3.93. The molecule has 1 N–H and O–H groups in total. The van der Waals surface area contributed by atoms with E-state index in [1.807, 2.05) is 26.0 Å². The second-order valence-electron chi connectivity index (χ2n) is 3.71. The van der Waals surface area contributed by atoms with Gasteiger partial charge in [-0.15, -0.1) is 0 Å². The van der Waals surface area contributed by atoms with Gasteiger partial charge in [0.1, 0.15) is 11.6 Å². The average Bonchev–Trinajstić information content (AvgIpc) is 2.77. The zero-order chi connectivity index (χ0) is 12.3. The number of aromatic nitrogens is 3. The molecule has 0 saturated heterocycles. The summed E-state index contributed by atoms with van der Waals surface area (Å²) in [6.07, 6.45) is 0.627. The molecule has 0 aliphatic carbocycles. The van der Waals surface area contributed by atoms with Gasteiger partial charge in [0.2, 0.25) is 0 Å². The van der Waals surface area contributed by atoms with Crippen molar-refractivity contribution in [2.75, 3.05) is 0 Å². The van der Waals surface area contributed by atoms with E-state index in [-0.39, 0.29) is 6.10 Å². The average molecular weight is 252 g/mol. The minimum Gasteiger partial charge on any atom is -0.483 e. The highest BCUT2D eigenvalue weighted by molar-refractivity contribution is 6.30. The molecule has 0 spiro atoms. The van der Waals surface area contributed by atoms with E-state index < -0.39 is 0 Å². The highest BCUT2D eigenvalue weighted by atomic mass is 35.5. The molecule has 2 aromatic rings. The Morgan fingerprint density at radius 3 is 2.94 bits per heavy atom. The van der Waals surface area contributed by atoms with Gasteiger partial charge in [-0.3, -0.25) is 5.10 Å². The molecule has 0 aliphatic rings. The molecule has 1 unspecified atom stereocenters. The lowest BCUT2D eigenvalue weighted by atomic mass is 10.3. The zero-order valence-corrected chi connectivity index (χ0v) is 10.5. The number of hydrogen-bond acceptors (Lipinski definition) is 3. The van der Waals surface area contributed by atoms with E-state index in [9.17, 15) is 0 Å². The smallest absolute Gasteiger partial charge is 0.191 e. The normalized spacial score (nSPS) is 12.4. The fourth-order valence-corrected chi connectivity index (χ4v) is 1.63. The van der Waals surface area contributed by atoms with Gasteiger partial charge in [-0.05, 0) is 25.1 Å². The maximum Gasteiger partial charge on any atom is 0.191 e. The summed E-state index contributed by atoms with van der Waals surface area (Å²) in [6, 6.07) is 7.28. The Kier molecular flexibility index (Phi) is 3.64. The van der Waals surface area contributed by atoms with Crippen LogP contribution in [0.2, 0.25) is 5.02 Å². The van der Waals surface area contributed by atoms with Crippen molar-refractivity contribution in [2.45, 2.75) is 26.4 Å². The molecule has 0 bridgehead atoms. The summed E-state index contributed by atoms with van der Waals surface area (Å²) in [5.41, 5.74) is 0. The van der Waals surface area contributed by atoms with E-state index >= 15 is 0 Å². The van der Waals surface area contributed by atoms with E-state index in [0.717, 1.165) is 12.2 Å². The topological polar surface area (TPSA) is 50.8 Å². The molecule has 0 aliphatic heterocycles. The van der Waals surface area contributed by atoms with Gasteiger partial charge >= 0.3 is 0 Å². The molecule has 1 aromatic heterocycles. The largest absolute Gasteiger partial charge is 0.483 e. The first-order chi connectivity index (χ1) is 8.19. The first-order valence-corrected chi connectivity index (χ1v) is 5.90. The Morgan fingerprint density at radius 2 is 2.29 bits per heavy atom. The molecule has 4 nitrogen and oxygen atoms in total. The Labute approximate surface area is 105 Å². The number of H-pyrrole nitrogens is 1. The van der Waals surface area contributed by atoms with Gasteiger partial charge in [0, 0.05) is 11.4 Å². The summed E-state index contributed by atoms with van der Waals surface area (Å²) >= 11 is 5.88. The minimum absolute atomic E-state index is 0.204. The number of rotatable bonds is 4. The molecule has 1 heterocycles. The Morgan fingerprint density at radius 1 is 1.47 bits per heavy atom. The minimum atomic E-state index is -0.204. The molecule has 17 heavy (non-hydrogen) atoms. The van der Waals surface area contributed by atoms with Gasteiger partial charge in [0.15, 0.2) is 11.9 Å². The number of ether oxygens (including phenoxy) is 1. The highest BCUT2D eigenvalue weighted by Crippen LogP contribution is 2.22. The van der Waals surface area contributed by atoms with Crippen LogP contribution in [0.5, 0.6) is 5.75 Å². The molecular formula is C12H14ClN3O. The van der Waals surface area contributed by atoms with E-state index in [1.54, 1.807) is 12.1 Å². The van der Waals surface area contributed by atoms with Crippen LogP contribution in [0.1, 0.15) is 31.6 Å². The molecule has 0 amide bonds. The first-order valence-electron chi connectivity index (χ1n) is 5.52. The first kappa shape index (κ1) is 11.9.